The van der Waals surface area contributed by atoms with Gasteiger partial charge in [-0.15, -0.1) is 0 Å². The molecule has 0 aromatic heterocycles. The van der Waals surface area contributed by atoms with E-state index in [1.807, 2.05) is 6.07 Å². The Hall–Kier alpha value is -2.59. The van der Waals surface area contributed by atoms with Crippen LogP contribution in [0.4, 0.5) is 0 Å². The van der Waals surface area contributed by atoms with E-state index in [1.165, 1.54) is 6.08 Å². The lowest BCUT2D eigenvalue weighted by atomic mass is 10.1. The molecule has 22 heavy (non-hydrogen) atoms. The van der Waals surface area contributed by atoms with Crippen molar-refractivity contribution in [2.75, 3.05) is 0 Å². The maximum Gasteiger partial charge on any atom is 0.352 e. The highest BCUT2D eigenvalue weighted by Gasteiger charge is 2.14. The fourth-order valence-corrected chi connectivity index (χ4v) is 2.02. The molecule has 1 amide bonds. The molecule has 2 aromatic carbocycles. The van der Waals surface area contributed by atoms with Crippen molar-refractivity contribution < 1.29 is 14.7 Å². The first-order chi connectivity index (χ1) is 10.5. The summed E-state index contributed by atoms with van der Waals surface area (Å²) in [7, 11) is 0. The third-order valence-electron chi connectivity index (χ3n) is 3.05. The Labute approximate surface area is 133 Å². The number of hydrogen-bond donors (Lipinski definition) is 2. The lowest BCUT2D eigenvalue weighted by Crippen LogP contribution is -2.27. The van der Waals surface area contributed by atoms with E-state index in [2.05, 4.69) is 5.32 Å². The first-order valence-corrected chi connectivity index (χ1v) is 6.92. The summed E-state index contributed by atoms with van der Waals surface area (Å²) in [4.78, 5) is 23.5. The number of hydrogen-bond acceptors (Lipinski definition) is 2. The van der Waals surface area contributed by atoms with Gasteiger partial charge in [-0.1, -0.05) is 41.9 Å². The van der Waals surface area contributed by atoms with Crippen molar-refractivity contribution in [2.24, 2.45) is 0 Å². The molecule has 0 saturated heterocycles. The zero-order chi connectivity index (χ0) is 16.1. The van der Waals surface area contributed by atoms with Crippen molar-refractivity contribution in [3.63, 3.8) is 0 Å². The van der Waals surface area contributed by atoms with Gasteiger partial charge >= 0.3 is 5.97 Å². The number of benzene rings is 2. The third kappa shape index (κ3) is 3.96. The van der Waals surface area contributed by atoms with Crippen LogP contribution in [0, 0.1) is 6.92 Å². The molecule has 0 bridgehead atoms. The number of amides is 1. The van der Waals surface area contributed by atoms with Gasteiger partial charge in [0.25, 0.3) is 5.91 Å². The van der Waals surface area contributed by atoms with Gasteiger partial charge in [0.1, 0.15) is 5.70 Å². The van der Waals surface area contributed by atoms with E-state index in [0.717, 1.165) is 5.56 Å². The number of carbonyl (C=O) groups excluding carboxylic acids is 1. The zero-order valence-corrected chi connectivity index (χ0v) is 12.6. The number of aliphatic carboxylic acids is 1. The highest BCUT2D eigenvalue weighted by molar-refractivity contribution is 6.30. The van der Waals surface area contributed by atoms with Gasteiger partial charge in [0, 0.05) is 10.6 Å². The monoisotopic (exact) mass is 315 g/mol. The summed E-state index contributed by atoms with van der Waals surface area (Å²) in [6.45, 7) is 1.79. The van der Waals surface area contributed by atoms with Gasteiger partial charge in [0.2, 0.25) is 0 Å². The van der Waals surface area contributed by atoms with Crippen molar-refractivity contribution in [3.8, 4) is 0 Å². The van der Waals surface area contributed by atoms with Crippen LogP contribution in [-0.2, 0) is 4.79 Å². The minimum Gasteiger partial charge on any atom is -0.477 e. The molecule has 0 saturated carbocycles. The first kappa shape index (κ1) is 15.8. The Morgan fingerprint density at radius 3 is 2.32 bits per heavy atom. The fraction of sp³-hybridized carbons (Fsp3) is 0.0588. The van der Waals surface area contributed by atoms with E-state index >= 15 is 0 Å². The van der Waals surface area contributed by atoms with Crippen LogP contribution in [0.15, 0.2) is 54.2 Å². The quantitative estimate of drug-likeness (QED) is 0.849. The van der Waals surface area contributed by atoms with E-state index in [-0.39, 0.29) is 5.70 Å². The molecule has 0 heterocycles. The van der Waals surface area contributed by atoms with Gasteiger partial charge in [-0.05, 0) is 42.3 Å². The van der Waals surface area contributed by atoms with Crippen LogP contribution in [-0.4, -0.2) is 17.0 Å². The summed E-state index contributed by atoms with van der Waals surface area (Å²) in [6.07, 6.45) is 1.38. The average molecular weight is 316 g/mol. The van der Waals surface area contributed by atoms with Crippen molar-refractivity contribution in [2.45, 2.75) is 6.92 Å². The highest BCUT2D eigenvalue weighted by atomic mass is 35.5. The number of aryl methyl sites for hydroxylation is 1. The molecule has 112 valence electrons. The summed E-state index contributed by atoms with van der Waals surface area (Å²) >= 11 is 5.79. The Bertz CT molecular complexity index is 736. The minimum atomic E-state index is -1.21. The summed E-state index contributed by atoms with van der Waals surface area (Å²) in [5, 5.41) is 12.2. The molecule has 0 unspecified atom stereocenters. The SMILES string of the molecule is Cc1ccccc1C(=O)N/C(=C/c1ccc(Cl)cc1)C(=O)O. The molecule has 0 aliphatic rings. The van der Waals surface area contributed by atoms with Crippen LogP contribution < -0.4 is 5.32 Å². The zero-order valence-electron chi connectivity index (χ0n) is 11.8. The lowest BCUT2D eigenvalue weighted by Gasteiger charge is -2.08. The van der Waals surface area contributed by atoms with Gasteiger partial charge < -0.3 is 10.4 Å². The minimum absolute atomic E-state index is 0.199. The van der Waals surface area contributed by atoms with Gasteiger partial charge in [0.05, 0.1) is 0 Å². The Kier molecular flexibility index (Phi) is 4.96. The Morgan fingerprint density at radius 1 is 1.09 bits per heavy atom. The van der Waals surface area contributed by atoms with Crippen molar-refractivity contribution in [1.82, 2.24) is 5.32 Å². The number of carboxylic acids is 1. The summed E-state index contributed by atoms with van der Waals surface area (Å²) in [5.41, 5.74) is 1.64. The topological polar surface area (TPSA) is 66.4 Å². The molecule has 5 heteroatoms. The standard InChI is InChI=1S/C17H14ClNO3/c1-11-4-2-3-5-14(11)16(20)19-15(17(21)22)10-12-6-8-13(18)9-7-12/h2-10H,1H3,(H,19,20)(H,21,22)/b15-10+. The lowest BCUT2D eigenvalue weighted by molar-refractivity contribution is -0.132. The highest BCUT2D eigenvalue weighted by Crippen LogP contribution is 2.13. The Balaban J connectivity index is 2.26. The van der Waals surface area contributed by atoms with E-state index in [9.17, 15) is 14.7 Å². The maximum atomic E-state index is 12.2. The number of carbonyl (C=O) groups is 2. The van der Waals surface area contributed by atoms with Crippen LogP contribution >= 0.6 is 11.6 Å². The van der Waals surface area contributed by atoms with Crippen LogP contribution in [0.3, 0.4) is 0 Å². The molecular weight excluding hydrogens is 302 g/mol. The molecule has 0 fully saturated rings. The Morgan fingerprint density at radius 2 is 1.73 bits per heavy atom. The van der Waals surface area contributed by atoms with Crippen LogP contribution in [0.25, 0.3) is 6.08 Å². The smallest absolute Gasteiger partial charge is 0.352 e. The van der Waals surface area contributed by atoms with Crippen LogP contribution in [0.1, 0.15) is 21.5 Å². The van der Waals surface area contributed by atoms with Gasteiger partial charge in [-0.2, -0.15) is 0 Å². The van der Waals surface area contributed by atoms with Gasteiger partial charge in [-0.3, -0.25) is 4.79 Å². The normalized spacial score (nSPS) is 11.1. The summed E-state index contributed by atoms with van der Waals surface area (Å²) in [5.74, 6) is -1.67. The molecule has 2 rings (SSSR count). The second-order valence-corrected chi connectivity index (χ2v) is 5.12. The fourth-order valence-electron chi connectivity index (χ4n) is 1.89. The molecule has 2 aromatic rings. The second-order valence-electron chi connectivity index (χ2n) is 4.68. The van der Waals surface area contributed by atoms with Crippen molar-refractivity contribution >= 4 is 29.6 Å². The van der Waals surface area contributed by atoms with Crippen LogP contribution in [0.5, 0.6) is 0 Å². The maximum absolute atomic E-state index is 12.2. The largest absolute Gasteiger partial charge is 0.477 e. The van der Waals surface area contributed by atoms with E-state index < -0.39 is 11.9 Å². The van der Waals surface area contributed by atoms with E-state index in [4.69, 9.17) is 11.6 Å². The average Bonchev–Trinajstić information content (AvgIpc) is 2.49. The number of carboxylic acid groups (broad SMARTS) is 1. The van der Waals surface area contributed by atoms with Gasteiger partial charge in [0.15, 0.2) is 0 Å². The molecule has 4 nitrogen and oxygen atoms in total. The molecule has 0 spiro atoms. The summed E-state index contributed by atoms with van der Waals surface area (Å²) in [6, 6.07) is 13.6. The second kappa shape index (κ2) is 6.91. The van der Waals surface area contributed by atoms with Crippen molar-refractivity contribution in [1.29, 1.82) is 0 Å². The molecule has 0 radical (unpaired) electrons. The number of rotatable bonds is 4. The number of nitrogens with one attached hydrogen (secondary N) is 1. The van der Waals surface area contributed by atoms with Crippen LogP contribution in [0.2, 0.25) is 5.02 Å². The molecule has 0 atom stereocenters. The predicted octanol–water partition coefficient (Wildman–Crippen LogP) is 3.50. The molecular formula is C17H14ClNO3. The molecule has 2 N–H and O–H groups in total. The van der Waals surface area contributed by atoms with Crippen molar-refractivity contribution in [3.05, 3.63) is 75.9 Å². The molecule has 0 aliphatic carbocycles. The predicted molar refractivity (Wildman–Crippen MR) is 85.7 cm³/mol. The van der Waals surface area contributed by atoms with Gasteiger partial charge in [-0.25, -0.2) is 4.79 Å². The van der Waals surface area contributed by atoms with E-state index in [1.54, 1.807) is 49.4 Å². The first-order valence-electron chi connectivity index (χ1n) is 6.55. The number of halogens is 1. The summed E-state index contributed by atoms with van der Waals surface area (Å²) < 4.78 is 0. The third-order valence-corrected chi connectivity index (χ3v) is 3.30. The molecule has 0 aliphatic heterocycles. The van der Waals surface area contributed by atoms with E-state index in [0.29, 0.717) is 16.1 Å².